The molecule has 1 aliphatic rings. The van der Waals surface area contributed by atoms with E-state index in [9.17, 15) is 9.59 Å². The molecule has 28 heavy (non-hydrogen) atoms. The van der Waals surface area contributed by atoms with Crippen molar-refractivity contribution in [2.45, 2.75) is 33.1 Å². The number of aromatic nitrogens is 2. The van der Waals surface area contributed by atoms with Crippen molar-refractivity contribution in [3.8, 4) is 0 Å². The Labute approximate surface area is 165 Å². The molecule has 7 nitrogen and oxygen atoms in total. The Balaban J connectivity index is 1.51. The number of amides is 1. The van der Waals surface area contributed by atoms with Gasteiger partial charge < -0.3 is 15.0 Å². The van der Waals surface area contributed by atoms with Crippen LogP contribution in [0.1, 0.15) is 30.9 Å². The average Bonchev–Trinajstić information content (AvgIpc) is 2.69. The minimum Gasteiger partial charge on any atom is -0.466 e. The van der Waals surface area contributed by atoms with Gasteiger partial charge in [-0.25, -0.2) is 0 Å². The molecule has 0 aliphatic carbocycles. The van der Waals surface area contributed by atoms with Crippen molar-refractivity contribution < 1.29 is 14.3 Å². The fourth-order valence-corrected chi connectivity index (χ4v) is 3.36. The summed E-state index contributed by atoms with van der Waals surface area (Å²) < 4.78 is 5.10. The highest BCUT2D eigenvalue weighted by Gasteiger charge is 2.26. The molecular weight excluding hydrogens is 356 g/mol. The van der Waals surface area contributed by atoms with Crippen LogP contribution >= 0.6 is 0 Å². The third kappa shape index (κ3) is 5.28. The maximum absolute atomic E-state index is 12.2. The van der Waals surface area contributed by atoms with E-state index in [1.807, 2.05) is 44.2 Å². The monoisotopic (exact) mass is 382 g/mol. The zero-order chi connectivity index (χ0) is 19.9. The Morgan fingerprint density at radius 3 is 2.61 bits per heavy atom. The predicted molar refractivity (Wildman–Crippen MR) is 107 cm³/mol. The van der Waals surface area contributed by atoms with E-state index >= 15 is 0 Å². The Morgan fingerprint density at radius 1 is 1.18 bits per heavy atom. The van der Waals surface area contributed by atoms with Gasteiger partial charge in [-0.3, -0.25) is 9.59 Å². The van der Waals surface area contributed by atoms with Gasteiger partial charge in [-0.1, -0.05) is 29.8 Å². The summed E-state index contributed by atoms with van der Waals surface area (Å²) in [4.78, 5) is 26.1. The summed E-state index contributed by atoms with van der Waals surface area (Å²) >= 11 is 0. The lowest BCUT2D eigenvalue weighted by Crippen LogP contribution is -2.37. The summed E-state index contributed by atoms with van der Waals surface area (Å²) in [5, 5.41) is 11.1. The van der Waals surface area contributed by atoms with E-state index in [4.69, 9.17) is 4.74 Å². The molecule has 1 aromatic carbocycles. The average molecular weight is 382 g/mol. The van der Waals surface area contributed by atoms with E-state index in [0.717, 1.165) is 42.9 Å². The van der Waals surface area contributed by atoms with Gasteiger partial charge in [0.25, 0.3) is 0 Å². The standard InChI is InChI=1S/C21H26N4O3/c1-3-28-21(27)17-9-11-25(12-10-17)19-8-7-18(23-24-19)22-20(26)14-16-6-4-5-15(2)13-16/h4-8,13,17H,3,9-12,14H2,1-2H3,(H,22,23,26). The van der Waals surface area contributed by atoms with E-state index in [2.05, 4.69) is 20.4 Å². The molecule has 1 amide bonds. The van der Waals surface area contributed by atoms with Crippen molar-refractivity contribution in [1.29, 1.82) is 0 Å². The molecule has 148 valence electrons. The van der Waals surface area contributed by atoms with Crippen molar-refractivity contribution in [3.63, 3.8) is 0 Å². The lowest BCUT2D eigenvalue weighted by molar-refractivity contribution is -0.148. The van der Waals surface area contributed by atoms with Crippen LogP contribution in [0, 0.1) is 12.8 Å². The topological polar surface area (TPSA) is 84.4 Å². The number of hydrogen-bond acceptors (Lipinski definition) is 6. The normalized spacial score (nSPS) is 14.6. The smallest absolute Gasteiger partial charge is 0.309 e. The number of rotatable bonds is 6. The molecule has 0 saturated carbocycles. The van der Waals surface area contributed by atoms with Crippen LogP contribution in [-0.2, 0) is 20.7 Å². The van der Waals surface area contributed by atoms with Gasteiger partial charge in [0.1, 0.15) is 0 Å². The first-order valence-corrected chi connectivity index (χ1v) is 9.66. The van der Waals surface area contributed by atoms with Crippen LogP contribution in [0.25, 0.3) is 0 Å². The summed E-state index contributed by atoms with van der Waals surface area (Å²) in [6.45, 7) is 5.71. The number of anilines is 2. The molecule has 0 radical (unpaired) electrons. The van der Waals surface area contributed by atoms with Gasteiger partial charge in [0.15, 0.2) is 11.6 Å². The number of carbonyl (C=O) groups is 2. The zero-order valence-electron chi connectivity index (χ0n) is 16.4. The Morgan fingerprint density at radius 2 is 1.96 bits per heavy atom. The molecule has 2 aromatic rings. The maximum atomic E-state index is 12.2. The first-order valence-electron chi connectivity index (χ1n) is 9.66. The second-order valence-corrected chi connectivity index (χ2v) is 7.00. The highest BCUT2D eigenvalue weighted by Crippen LogP contribution is 2.23. The number of carbonyl (C=O) groups excluding carboxylic acids is 2. The molecule has 0 unspecified atom stereocenters. The van der Waals surface area contributed by atoms with Crippen LogP contribution in [0.2, 0.25) is 0 Å². The Bertz CT molecular complexity index is 815. The van der Waals surface area contributed by atoms with E-state index in [1.54, 1.807) is 6.07 Å². The molecule has 7 heteroatoms. The number of benzene rings is 1. The largest absolute Gasteiger partial charge is 0.466 e. The lowest BCUT2D eigenvalue weighted by Gasteiger charge is -2.31. The number of hydrogen-bond donors (Lipinski definition) is 1. The van der Waals surface area contributed by atoms with Crippen LogP contribution in [0.15, 0.2) is 36.4 Å². The Hall–Kier alpha value is -2.96. The third-order valence-electron chi connectivity index (χ3n) is 4.80. The summed E-state index contributed by atoms with van der Waals surface area (Å²) in [5.74, 6) is 0.911. The van der Waals surface area contributed by atoms with Crippen LogP contribution in [0.5, 0.6) is 0 Å². The van der Waals surface area contributed by atoms with Gasteiger partial charge in [0, 0.05) is 13.1 Å². The first-order chi connectivity index (χ1) is 13.5. The minimum absolute atomic E-state index is 0.0376. The number of aryl methyl sites for hydroxylation is 1. The quantitative estimate of drug-likeness (QED) is 0.774. The van der Waals surface area contributed by atoms with Gasteiger partial charge >= 0.3 is 5.97 Å². The molecule has 0 spiro atoms. The lowest BCUT2D eigenvalue weighted by atomic mass is 9.97. The molecule has 3 rings (SSSR count). The van der Waals surface area contributed by atoms with Gasteiger partial charge in [-0.05, 0) is 44.4 Å². The maximum Gasteiger partial charge on any atom is 0.309 e. The fraction of sp³-hybridized carbons (Fsp3) is 0.429. The van der Waals surface area contributed by atoms with Gasteiger partial charge in [0.2, 0.25) is 5.91 Å². The molecule has 1 N–H and O–H groups in total. The van der Waals surface area contributed by atoms with E-state index in [0.29, 0.717) is 18.8 Å². The highest BCUT2D eigenvalue weighted by atomic mass is 16.5. The van der Waals surface area contributed by atoms with E-state index < -0.39 is 0 Å². The number of esters is 1. The number of nitrogens with zero attached hydrogens (tertiary/aromatic N) is 3. The summed E-state index contributed by atoms with van der Waals surface area (Å²) in [6, 6.07) is 11.5. The number of piperidine rings is 1. The minimum atomic E-state index is -0.122. The van der Waals surface area contributed by atoms with E-state index in [1.165, 1.54) is 0 Å². The SMILES string of the molecule is CCOC(=O)C1CCN(c2ccc(NC(=O)Cc3cccc(C)c3)nn2)CC1. The van der Waals surface area contributed by atoms with Crippen LogP contribution in [0.4, 0.5) is 11.6 Å². The van der Waals surface area contributed by atoms with Gasteiger partial charge in [0.05, 0.1) is 18.9 Å². The molecular formula is C21H26N4O3. The van der Waals surface area contributed by atoms with Crippen molar-refractivity contribution in [2.24, 2.45) is 5.92 Å². The second kappa shape index (κ2) is 9.30. The number of nitrogens with one attached hydrogen (secondary N) is 1. The third-order valence-corrected chi connectivity index (χ3v) is 4.80. The van der Waals surface area contributed by atoms with Crippen LogP contribution < -0.4 is 10.2 Å². The molecule has 1 saturated heterocycles. The van der Waals surface area contributed by atoms with Crippen molar-refractivity contribution >= 4 is 23.5 Å². The van der Waals surface area contributed by atoms with Crippen molar-refractivity contribution in [3.05, 3.63) is 47.5 Å². The molecule has 0 bridgehead atoms. The summed E-state index contributed by atoms with van der Waals surface area (Å²) in [7, 11) is 0. The highest BCUT2D eigenvalue weighted by molar-refractivity contribution is 5.91. The van der Waals surface area contributed by atoms with E-state index in [-0.39, 0.29) is 17.8 Å². The van der Waals surface area contributed by atoms with Crippen molar-refractivity contribution in [1.82, 2.24) is 10.2 Å². The Kier molecular flexibility index (Phi) is 6.57. The predicted octanol–water partition coefficient (Wildman–Crippen LogP) is 2.75. The first kappa shape index (κ1) is 19.8. The second-order valence-electron chi connectivity index (χ2n) is 7.00. The molecule has 1 fully saturated rings. The molecule has 0 atom stereocenters. The van der Waals surface area contributed by atoms with Crippen LogP contribution in [-0.4, -0.2) is 41.8 Å². The molecule has 1 aliphatic heterocycles. The summed E-state index contributed by atoms with van der Waals surface area (Å²) in [5.41, 5.74) is 2.09. The van der Waals surface area contributed by atoms with Crippen LogP contribution in [0.3, 0.4) is 0 Å². The summed E-state index contributed by atoms with van der Waals surface area (Å²) in [6.07, 6.45) is 1.79. The van der Waals surface area contributed by atoms with Crippen molar-refractivity contribution in [2.75, 3.05) is 29.9 Å². The molecule has 2 heterocycles. The fourth-order valence-electron chi connectivity index (χ4n) is 3.36. The molecule has 1 aromatic heterocycles. The van der Waals surface area contributed by atoms with Gasteiger partial charge in [-0.15, -0.1) is 10.2 Å². The number of ether oxygens (including phenoxy) is 1. The van der Waals surface area contributed by atoms with Gasteiger partial charge in [-0.2, -0.15) is 0 Å². The zero-order valence-corrected chi connectivity index (χ0v) is 16.4.